The summed E-state index contributed by atoms with van der Waals surface area (Å²) in [6.45, 7) is 3.07. The summed E-state index contributed by atoms with van der Waals surface area (Å²) in [6.07, 6.45) is 4.97. The molecule has 5 nitrogen and oxygen atoms in total. The first-order chi connectivity index (χ1) is 15.9. The van der Waals surface area contributed by atoms with Gasteiger partial charge in [0.15, 0.2) is 11.5 Å². The third-order valence-electron chi connectivity index (χ3n) is 10.5. The highest BCUT2D eigenvalue weighted by Gasteiger charge is 2.81. The van der Waals surface area contributed by atoms with Gasteiger partial charge >= 0.3 is 0 Å². The van der Waals surface area contributed by atoms with E-state index in [-0.39, 0.29) is 22.9 Å². The molecular weight excluding hydrogens is 434 g/mol. The monoisotopic (exact) mass is 467 g/mol. The second-order valence-corrected chi connectivity index (χ2v) is 12.2. The first kappa shape index (κ1) is 20.7. The SMILES string of the molecule is COc1ccc2c3c1O[C@H]1[C@@]4(OC)CC[C@@]5(C[C@H]4[C@](C)(O)c4cccs4)[C@@H](C2)N(C)CC[C@]315. The van der Waals surface area contributed by atoms with E-state index in [2.05, 4.69) is 35.5 Å². The number of fused-ring (bicyclic) bond motifs is 2. The summed E-state index contributed by atoms with van der Waals surface area (Å²) in [7, 11) is 5.88. The van der Waals surface area contributed by atoms with Gasteiger partial charge in [0, 0.05) is 40.3 Å². The van der Waals surface area contributed by atoms with Crippen LogP contribution < -0.4 is 9.47 Å². The van der Waals surface area contributed by atoms with Crippen molar-refractivity contribution in [3.05, 3.63) is 45.6 Å². The van der Waals surface area contributed by atoms with Gasteiger partial charge in [0.25, 0.3) is 0 Å². The quantitative estimate of drug-likeness (QED) is 0.734. The number of hydrogen-bond acceptors (Lipinski definition) is 6. The van der Waals surface area contributed by atoms with Crippen LogP contribution in [-0.4, -0.2) is 55.6 Å². The summed E-state index contributed by atoms with van der Waals surface area (Å²) < 4.78 is 19.4. The van der Waals surface area contributed by atoms with Crippen molar-refractivity contribution in [1.29, 1.82) is 0 Å². The van der Waals surface area contributed by atoms with E-state index >= 15 is 0 Å². The number of hydrogen-bond donors (Lipinski definition) is 1. The van der Waals surface area contributed by atoms with Crippen LogP contribution in [0.5, 0.6) is 11.5 Å². The molecule has 0 unspecified atom stereocenters. The van der Waals surface area contributed by atoms with E-state index in [0.29, 0.717) is 6.04 Å². The largest absolute Gasteiger partial charge is 0.493 e. The maximum absolute atomic E-state index is 12.1. The molecule has 1 N–H and O–H groups in total. The maximum atomic E-state index is 12.1. The minimum atomic E-state index is -0.978. The van der Waals surface area contributed by atoms with Gasteiger partial charge in [-0.25, -0.2) is 0 Å². The normalized spacial score (nSPS) is 41.9. The number of benzene rings is 1. The lowest BCUT2D eigenvalue weighted by Gasteiger charge is -2.74. The lowest BCUT2D eigenvalue weighted by Crippen LogP contribution is -2.82. The van der Waals surface area contributed by atoms with E-state index in [1.165, 1.54) is 11.1 Å². The molecule has 33 heavy (non-hydrogen) atoms. The van der Waals surface area contributed by atoms with Crippen LogP contribution >= 0.6 is 11.3 Å². The second kappa shape index (κ2) is 6.34. The molecule has 0 radical (unpaired) electrons. The molecule has 6 aliphatic rings. The Hall–Kier alpha value is -1.60. The van der Waals surface area contributed by atoms with E-state index in [0.717, 1.165) is 55.0 Å². The summed E-state index contributed by atoms with van der Waals surface area (Å²) in [6, 6.07) is 8.91. The topological polar surface area (TPSA) is 51.2 Å². The molecule has 4 bridgehead atoms. The first-order valence-electron chi connectivity index (χ1n) is 12.2. The van der Waals surface area contributed by atoms with E-state index in [9.17, 15) is 5.11 Å². The van der Waals surface area contributed by atoms with Crippen LogP contribution in [0.4, 0.5) is 0 Å². The zero-order valence-electron chi connectivity index (χ0n) is 19.9. The van der Waals surface area contributed by atoms with Crippen molar-refractivity contribution in [2.75, 3.05) is 27.8 Å². The lowest BCUT2D eigenvalue weighted by molar-refractivity contribution is -0.302. The summed E-state index contributed by atoms with van der Waals surface area (Å²) in [5.74, 6) is 1.72. The molecule has 1 aromatic heterocycles. The fourth-order valence-electron chi connectivity index (χ4n) is 9.23. The summed E-state index contributed by atoms with van der Waals surface area (Å²) in [5.41, 5.74) is 1.25. The van der Waals surface area contributed by atoms with Gasteiger partial charge in [-0.3, -0.25) is 0 Å². The Morgan fingerprint density at radius 1 is 1.21 bits per heavy atom. The Balaban J connectivity index is 1.51. The Morgan fingerprint density at radius 2 is 2.06 bits per heavy atom. The van der Waals surface area contributed by atoms with Crippen molar-refractivity contribution in [3.8, 4) is 11.5 Å². The van der Waals surface area contributed by atoms with Gasteiger partial charge in [0.1, 0.15) is 17.3 Å². The molecule has 1 aromatic carbocycles. The number of ether oxygens (including phenoxy) is 3. The average molecular weight is 468 g/mol. The van der Waals surface area contributed by atoms with Crippen molar-refractivity contribution in [1.82, 2.24) is 4.90 Å². The lowest BCUT2D eigenvalue weighted by atomic mass is 9.34. The van der Waals surface area contributed by atoms with E-state index in [1.807, 2.05) is 20.1 Å². The molecule has 2 aromatic rings. The van der Waals surface area contributed by atoms with E-state index in [4.69, 9.17) is 14.2 Å². The molecule has 8 rings (SSSR count). The van der Waals surface area contributed by atoms with Crippen LogP contribution in [-0.2, 0) is 22.2 Å². The van der Waals surface area contributed by atoms with Gasteiger partial charge in [-0.15, -0.1) is 11.3 Å². The van der Waals surface area contributed by atoms with Gasteiger partial charge in [0.05, 0.1) is 7.11 Å². The predicted octanol–water partition coefficient (Wildman–Crippen LogP) is 4.11. The van der Waals surface area contributed by atoms with Gasteiger partial charge in [-0.05, 0) is 75.7 Å². The Bertz CT molecular complexity index is 1130. The van der Waals surface area contributed by atoms with Crippen molar-refractivity contribution in [2.45, 2.75) is 67.8 Å². The third-order valence-corrected chi connectivity index (χ3v) is 11.6. The number of thiophene rings is 1. The van der Waals surface area contributed by atoms with Crippen LogP contribution in [0, 0.1) is 11.3 Å². The van der Waals surface area contributed by atoms with Gasteiger partial charge in [-0.1, -0.05) is 12.1 Å². The van der Waals surface area contributed by atoms with Gasteiger partial charge in [-0.2, -0.15) is 0 Å². The Labute approximate surface area is 199 Å². The molecular formula is C27H33NO4S. The highest BCUT2D eigenvalue weighted by molar-refractivity contribution is 7.10. The molecule has 6 heteroatoms. The van der Waals surface area contributed by atoms with E-state index in [1.54, 1.807) is 18.4 Å². The molecule has 3 heterocycles. The number of nitrogens with zero attached hydrogens (tertiary/aromatic N) is 1. The zero-order valence-corrected chi connectivity index (χ0v) is 20.7. The zero-order chi connectivity index (χ0) is 22.8. The van der Waals surface area contributed by atoms with E-state index < -0.39 is 11.2 Å². The molecule has 7 atom stereocenters. The maximum Gasteiger partial charge on any atom is 0.165 e. The van der Waals surface area contributed by atoms with Crippen LogP contribution in [0.15, 0.2) is 29.6 Å². The molecule has 2 aliphatic heterocycles. The van der Waals surface area contributed by atoms with Crippen LogP contribution in [0.1, 0.15) is 48.6 Å². The van der Waals surface area contributed by atoms with Gasteiger partial charge in [0.2, 0.25) is 0 Å². The molecule has 4 fully saturated rings. The van der Waals surface area contributed by atoms with Crippen LogP contribution in [0.2, 0.25) is 0 Å². The number of piperidine rings is 1. The Morgan fingerprint density at radius 3 is 2.79 bits per heavy atom. The molecule has 176 valence electrons. The third kappa shape index (κ3) is 2.09. The summed E-state index contributed by atoms with van der Waals surface area (Å²) >= 11 is 1.64. The van der Waals surface area contributed by atoms with Gasteiger partial charge < -0.3 is 24.2 Å². The smallest absolute Gasteiger partial charge is 0.165 e. The summed E-state index contributed by atoms with van der Waals surface area (Å²) in [5, 5.41) is 14.2. The standard InChI is InChI=1S/C27H33NO4S/c1-24(29,20-6-5-13-33-20)18-15-25-9-10-27(18,31-4)23-26(25)11-12-28(2)19(25)14-16-7-8-17(30-3)22(32-23)21(16)26/h5-8,13,18-19,23,29H,9-12,14-15H2,1-4H3/t18-,19+,23+,24-,25+,26-,27+/m0/s1. The van der Waals surface area contributed by atoms with Crippen LogP contribution in [0.3, 0.4) is 0 Å². The fraction of sp³-hybridized carbons (Fsp3) is 0.630. The minimum absolute atomic E-state index is 0.0450. The van der Waals surface area contributed by atoms with Crippen molar-refractivity contribution in [3.63, 3.8) is 0 Å². The molecule has 1 saturated heterocycles. The fourth-order valence-corrected chi connectivity index (χ4v) is 10.1. The Kier molecular flexibility index (Phi) is 3.98. The van der Waals surface area contributed by atoms with Crippen molar-refractivity contribution < 1.29 is 19.3 Å². The number of likely N-dealkylation sites (N-methyl/N-ethyl adjacent to an activating group) is 1. The molecule has 4 aliphatic carbocycles. The number of rotatable bonds is 4. The number of likely N-dealkylation sites (tertiary alicyclic amines) is 1. The number of aliphatic hydroxyl groups is 1. The number of methoxy groups -OCH3 is 2. The molecule has 0 amide bonds. The average Bonchev–Trinajstić information content (AvgIpc) is 3.49. The first-order valence-corrected chi connectivity index (χ1v) is 13.1. The predicted molar refractivity (Wildman–Crippen MR) is 127 cm³/mol. The highest BCUT2D eigenvalue weighted by Crippen LogP contribution is 2.77. The van der Waals surface area contributed by atoms with Crippen LogP contribution in [0.25, 0.3) is 0 Å². The van der Waals surface area contributed by atoms with Crippen molar-refractivity contribution >= 4 is 11.3 Å². The summed E-state index contributed by atoms with van der Waals surface area (Å²) in [4.78, 5) is 3.61. The molecule has 2 spiro atoms. The minimum Gasteiger partial charge on any atom is -0.493 e. The highest BCUT2D eigenvalue weighted by atomic mass is 32.1. The van der Waals surface area contributed by atoms with Crippen molar-refractivity contribution in [2.24, 2.45) is 11.3 Å². The second-order valence-electron chi connectivity index (χ2n) is 11.2. The molecule has 3 saturated carbocycles.